The maximum atomic E-state index is 8.54. The van der Waals surface area contributed by atoms with E-state index in [0.717, 1.165) is 12.8 Å². The summed E-state index contributed by atoms with van der Waals surface area (Å²) in [5.74, 6) is 0.716. The number of rotatable bonds is 3. The SMILES string of the molecule is COC1CC(Nc2cnc(C#N)cn2)C1. The van der Waals surface area contributed by atoms with Gasteiger partial charge >= 0.3 is 0 Å². The minimum absolute atomic E-state index is 0.337. The highest BCUT2D eigenvalue weighted by atomic mass is 16.5. The summed E-state index contributed by atoms with van der Waals surface area (Å²) in [5, 5.41) is 11.8. The van der Waals surface area contributed by atoms with Crippen LogP contribution < -0.4 is 5.32 Å². The van der Waals surface area contributed by atoms with Gasteiger partial charge in [0.05, 0.1) is 18.5 Å². The van der Waals surface area contributed by atoms with E-state index in [0.29, 0.717) is 23.7 Å². The van der Waals surface area contributed by atoms with Crippen molar-refractivity contribution in [1.82, 2.24) is 9.97 Å². The minimum atomic E-state index is 0.337. The second-order valence-electron chi connectivity index (χ2n) is 3.57. The van der Waals surface area contributed by atoms with E-state index in [1.807, 2.05) is 6.07 Å². The number of anilines is 1. The van der Waals surface area contributed by atoms with Gasteiger partial charge in [0.2, 0.25) is 0 Å². The zero-order valence-corrected chi connectivity index (χ0v) is 8.47. The van der Waals surface area contributed by atoms with Gasteiger partial charge in [-0.1, -0.05) is 0 Å². The van der Waals surface area contributed by atoms with E-state index in [1.165, 1.54) is 6.20 Å². The van der Waals surface area contributed by atoms with E-state index in [4.69, 9.17) is 10.00 Å². The van der Waals surface area contributed by atoms with Gasteiger partial charge in [0, 0.05) is 13.2 Å². The molecule has 5 heteroatoms. The number of aromatic nitrogens is 2. The van der Waals surface area contributed by atoms with E-state index in [1.54, 1.807) is 13.3 Å². The molecule has 1 aromatic heterocycles. The zero-order valence-electron chi connectivity index (χ0n) is 8.47. The lowest BCUT2D eigenvalue weighted by Crippen LogP contribution is -2.40. The van der Waals surface area contributed by atoms with Crippen molar-refractivity contribution in [2.45, 2.75) is 25.0 Å². The van der Waals surface area contributed by atoms with Crippen LogP contribution in [0.25, 0.3) is 0 Å². The lowest BCUT2D eigenvalue weighted by Gasteiger charge is -2.34. The number of hydrogen-bond donors (Lipinski definition) is 1. The second-order valence-corrected chi connectivity index (χ2v) is 3.57. The molecule has 0 aromatic carbocycles. The van der Waals surface area contributed by atoms with Gasteiger partial charge in [0.15, 0.2) is 5.69 Å². The molecule has 78 valence electrons. The molecule has 0 aliphatic heterocycles. The van der Waals surface area contributed by atoms with E-state index < -0.39 is 0 Å². The number of nitrogens with zero attached hydrogens (tertiary/aromatic N) is 3. The first-order valence-electron chi connectivity index (χ1n) is 4.83. The second kappa shape index (κ2) is 4.24. The van der Waals surface area contributed by atoms with Crippen molar-refractivity contribution in [3.63, 3.8) is 0 Å². The van der Waals surface area contributed by atoms with Gasteiger partial charge in [-0.15, -0.1) is 0 Å². The highest BCUT2D eigenvalue weighted by molar-refractivity contribution is 5.35. The third-order valence-corrected chi connectivity index (χ3v) is 2.55. The number of ether oxygens (including phenoxy) is 1. The van der Waals surface area contributed by atoms with Crippen molar-refractivity contribution in [3.8, 4) is 6.07 Å². The monoisotopic (exact) mass is 204 g/mol. The standard InChI is InChI=1S/C10H12N4O/c1-15-9-2-7(3-9)14-10-6-12-8(4-11)5-13-10/h5-7,9H,2-3H2,1H3,(H,13,14). The molecule has 0 unspecified atom stereocenters. The predicted octanol–water partition coefficient (Wildman–Crippen LogP) is 0.938. The normalized spacial score (nSPS) is 24.0. The van der Waals surface area contributed by atoms with E-state index in [-0.39, 0.29) is 0 Å². The molecule has 15 heavy (non-hydrogen) atoms. The van der Waals surface area contributed by atoms with Crippen LogP contribution in [0.4, 0.5) is 5.82 Å². The van der Waals surface area contributed by atoms with Gasteiger partial charge in [0.25, 0.3) is 0 Å². The van der Waals surface area contributed by atoms with Crippen molar-refractivity contribution in [1.29, 1.82) is 5.26 Å². The van der Waals surface area contributed by atoms with Gasteiger partial charge in [-0.2, -0.15) is 5.26 Å². The molecule has 0 spiro atoms. The average molecular weight is 204 g/mol. The highest BCUT2D eigenvalue weighted by Crippen LogP contribution is 2.25. The van der Waals surface area contributed by atoms with Gasteiger partial charge in [-0.3, -0.25) is 0 Å². The van der Waals surface area contributed by atoms with Crippen LogP contribution in [0.3, 0.4) is 0 Å². The maximum Gasteiger partial charge on any atom is 0.158 e. The van der Waals surface area contributed by atoms with Crippen molar-refractivity contribution in [2.75, 3.05) is 12.4 Å². The fourth-order valence-electron chi connectivity index (χ4n) is 1.55. The summed E-state index contributed by atoms with van der Waals surface area (Å²) in [5.41, 5.74) is 0.337. The maximum absolute atomic E-state index is 8.54. The van der Waals surface area contributed by atoms with Crippen molar-refractivity contribution in [2.24, 2.45) is 0 Å². The Bertz CT molecular complexity index is 364. The fourth-order valence-corrected chi connectivity index (χ4v) is 1.55. The van der Waals surface area contributed by atoms with Crippen LogP contribution >= 0.6 is 0 Å². The van der Waals surface area contributed by atoms with Crippen LogP contribution in [0.5, 0.6) is 0 Å². The minimum Gasteiger partial charge on any atom is -0.381 e. The van der Waals surface area contributed by atoms with Crippen LogP contribution in [0.1, 0.15) is 18.5 Å². The molecule has 1 aliphatic rings. The number of hydrogen-bond acceptors (Lipinski definition) is 5. The molecule has 0 bridgehead atoms. The molecule has 1 N–H and O–H groups in total. The Labute approximate surface area is 88.1 Å². The van der Waals surface area contributed by atoms with Gasteiger partial charge < -0.3 is 10.1 Å². The van der Waals surface area contributed by atoms with E-state index in [2.05, 4.69) is 15.3 Å². The highest BCUT2D eigenvalue weighted by Gasteiger charge is 2.28. The molecule has 0 amide bonds. The van der Waals surface area contributed by atoms with Crippen LogP contribution in [0.15, 0.2) is 12.4 Å². The molecule has 1 aromatic rings. The van der Waals surface area contributed by atoms with Gasteiger partial charge in [-0.25, -0.2) is 9.97 Å². The molecule has 0 saturated heterocycles. The molecule has 0 atom stereocenters. The number of methoxy groups -OCH3 is 1. The first kappa shape index (κ1) is 9.87. The lowest BCUT2D eigenvalue weighted by atomic mass is 9.89. The summed E-state index contributed by atoms with van der Waals surface area (Å²) in [6.45, 7) is 0. The Hall–Kier alpha value is -1.67. The first-order chi connectivity index (χ1) is 7.31. The Morgan fingerprint density at radius 1 is 1.47 bits per heavy atom. The van der Waals surface area contributed by atoms with Crippen LogP contribution in [0.2, 0.25) is 0 Å². The third kappa shape index (κ3) is 2.22. The molecular weight excluding hydrogens is 192 g/mol. The molecule has 1 saturated carbocycles. The summed E-state index contributed by atoms with van der Waals surface area (Å²) in [4.78, 5) is 8.02. The molecule has 1 heterocycles. The van der Waals surface area contributed by atoms with Gasteiger partial charge in [-0.05, 0) is 12.8 Å². The Kier molecular flexibility index (Phi) is 2.79. The average Bonchev–Trinajstić information content (AvgIpc) is 2.23. The number of nitrogens with one attached hydrogen (secondary N) is 1. The van der Waals surface area contributed by atoms with Gasteiger partial charge in [0.1, 0.15) is 11.9 Å². The Morgan fingerprint density at radius 2 is 2.27 bits per heavy atom. The van der Waals surface area contributed by atoms with Crippen LogP contribution in [0, 0.1) is 11.3 Å². The molecular formula is C10H12N4O. The predicted molar refractivity (Wildman–Crippen MR) is 54.2 cm³/mol. The topological polar surface area (TPSA) is 70.8 Å². The van der Waals surface area contributed by atoms with Crippen LogP contribution in [-0.2, 0) is 4.74 Å². The lowest BCUT2D eigenvalue weighted by molar-refractivity contribution is 0.0328. The summed E-state index contributed by atoms with van der Waals surface area (Å²) >= 11 is 0. The third-order valence-electron chi connectivity index (χ3n) is 2.55. The first-order valence-corrected chi connectivity index (χ1v) is 4.83. The quantitative estimate of drug-likeness (QED) is 0.793. The fraction of sp³-hybridized carbons (Fsp3) is 0.500. The zero-order chi connectivity index (χ0) is 10.7. The number of nitriles is 1. The molecule has 1 aliphatic carbocycles. The van der Waals surface area contributed by atoms with Crippen molar-refractivity contribution in [3.05, 3.63) is 18.1 Å². The largest absolute Gasteiger partial charge is 0.381 e. The van der Waals surface area contributed by atoms with E-state index in [9.17, 15) is 0 Å². The molecule has 5 nitrogen and oxygen atoms in total. The van der Waals surface area contributed by atoms with Crippen molar-refractivity contribution < 1.29 is 4.74 Å². The Morgan fingerprint density at radius 3 is 2.80 bits per heavy atom. The molecule has 0 radical (unpaired) electrons. The summed E-state index contributed by atoms with van der Waals surface area (Å²) in [6, 6.07) is 2.34. The summed E-state index contributed by atoms with van der Waals surface area (Å²) < 4.78 is 5.17. The Balaban J connectivity index is 1.87. The van der Waals surface area contributed by atoms with Crippen LogP contribution in [-0.4, -0.2) is 29.2 Å². The smallest absolute Gasteiger partial charge is 0.158 e. The molecule has 2 rings (SSSR count). The van der Waals surface area contributed by atoms with Crippen molar-refractivity contribution >= 4 is 5.82 Å². The van der Waals surface area contributed by atoms with E-state index >= 15 is 0 Å². The summed E-state index contributed by atoms with van der Waals surface area (Å²) in [7, 11) is 1.72. The molecule has 1 fully saturated rings. The summed E-state index contributed by atoms with van der Waals surface area (Å²) in [6.07, 6.45) is 5.41.